The van der Waals surface area contributed by atoms with Crippen LogP contribution in [0, 0.1) is 0 Å². The fraction of sp³-hybridized carbons (Fsp3) is 0.214. The number of halogens is 3. The second-order valence-electron chi connectivity index (χ2n) is 9.10. The molecular formula is C28H28Cl3N2S+. The highest BCUT2D eigenvalue weighted by atomic mass is 35.5. The minimum absolute atomic E-state index is 0.596. The van der Waals surface area contributed by atoms with E-state index in [9.17, 15) is 0 Å². The first-order chi connectivity index (χ1) is 16.3. The molecule has 0 heterocycles. The van der Waals surface area contributed by atoms with Crippen LogP contribution in [0.3, 0.4) is 0 Å². The second-order valence-corrected chi connectivity index (χ2v) is 11.5. The molecular weight excluding hydrogens is 503 g/mol. The molecule has 0 radical (unpaired) electrons. The fourth-order valence-corrected chi connectivity index (χ4v) is 5.47. The maximum Gasteiger partial charge on any atom is 0.104 e. The van der Waals surface area contributed by atoms with Crippen molar-refractivity contribution in [3.05, 3.63) is 99.5 Å². The van der Waals surface area contributed by atoms with Gasteiger partial charge in [-0.15, -0.1) is 0 Å². The predicted molar refractivity (Wildman–Crippen MR) is 150 cm³/mol. The van der Waals surface area contributed by atoms with E-state index >= 15 is 0 Å². The molecule has 0 bridgehead atoms. The zero-order valence-electron chi connectivity index (χ0n) is 19.3. The van der Waals surface area contributed by atoms with Gasteiger partial charge < -0.3 is 9.80 Å². The number of nitrogens with one attached hydrogen (secondary N) is 1. The molecule has 0 amide bonds. The molecule has 4 aromatic carbocycles. The first kappa shape index (κ1) is 25.2. The molecule has 0 unspecified atom stereocenters. The summed E-state index contributed by atoms with van der Waals surface area (Å²) in [6.07, 6.45) is 1.03. The van der Waals surface area contributed by atoms with Gasteiger partial charge in [-0.2, -0.15) is 0 Å². The van der Waals surface area contributed by atoms with Crippen molar-refractivity contribution in [1.82, 2.24) is 0 Å². The van der Waals surface area contributed by atoms with Crippen molar-refractivity contribution in [2.45, 2.75) is 22.8 Å². The predicted octanol–water partition coefficient (Wildman–Crippen LogP) is 9.03. The molecule has 0 aliphatic heterocycles. The van der Waals surface area contributed by atoms with Crippen molar-refractivity contribution in [2.75, 3.05) is 32.5 Å². The third-order valence-electron chi connectivity index (χ3n) is 5.74. The molecule has 6 heteroatoms. The lowest BCUT2D eigenvalue weighted by atomic mass is 10.1. The van der Waals surface area contributed by atoms with Crippen molar-refractivity contribution >= 4 is 63.0 Å². The zero-order chi connectivity index (χ0) is 24.1. The van der Waals surface area contributed by atoms with E-state index in [1.54, 1.807) is 11.8 Å². The summed E-state index contributed by atoms with van der Waals surface area (Å²) in [6, 6.07) is 27.0. The molecule has 1 N–H and O–H groups in total. The quantitative estimate of drug-likeness (QED) is 0.171. The highest BCUT2D eigenvalue weighted by Gasteiger charge is 2.16. The highest BCUT2D eigenvalue weighted by molar-refractivity contribution is 7.99. The lowest BCUT2D eigenvalue weighted by Gasteiger charge is -2.30. The Hall–Kier alpha value is -1.88. The van der Waals surface area contributed by atoms with E-state index in [4.69, 9.17) is 34.8 Å². The number of hydrogen-bond acceptors (Lipinski definition) is 2. The number of quaternary nitrogens is 1. The number of hydrogen-bond donors (Lipinski definition) is 1. The fourth-order valence-electron chi connectivity index (χ4n) is 4.03. The maximum atomic E-state index is 6.32. The van der Waals surface area contributed by atoms with Crippen LogP contribution in [-0.2, 0) is 6.54 Å². The molecule has 0 aliphatic rings. The number of fused-ring (bicyclic) bond motifs is 1. The van der Waals surface area contributed by atoms with Gasteiger partial charge >= 0.3 is 0 Å². The van der Waals surface area contributed by atoms with E-state index < -0.39 is 0 Å². The molecule has 4 rings (SSSR count). The van der Waals surface area contributed by atoms with Crippen LogP contribution in [0.25, 0.3) is 10.8 Å². The van der Waals surface area contributed by atoms with Crippen LogP contribution < -0.4 is 5.32 Å². The van der Waals surface area contributed by atoms with Crippen LogP contribution in [0.1, 0.15) is 12.0 Å². The van der Waals surface area contributed by atoms with Gasteiger partial charge in [-0.3, -0.25) is 0 Å². The molecule has 0 atom stereocenters. The van der Waals surface area contributed by atoms with Gasteiger partial charge in [0.15, 0.2) is 0 Å². The third kappa shape index (κ3) is 6.84. The topological polar surface area (TPSA) is 12.0 Å². The number of nitrogens with zero attached hydrogens (tertiary/aromatic N) is 1. The van der Waals surface area contributed by atoms with Crippen LogP contribution in [0.4, 0.5) is 5.69 Å². The van der Waals surface area contributed by atoms with Crippen molar-refractivity contribution in [2.24, 2.45) is 0 Å². The largest absolute Gasteiger partial charge is 0.384 e. The van der Waals surface area contributed by atoms with Gasteiger partial charge in [0.05, 0.1) is 30.7 Å². The van der Waals surface area contributed by atoms with E-state index in [1.807, 2.05) is 24.3 Å². The Balaban J connectivity index is 1.37. The smallest absolute Gasteiger partial charge is 0.104 e. The van der Waals surface area contributed by atoms with E-state index in [2.05, 4.69) is 74.0 Å². The minimum Gasteiger partial charge on any atom is -0.384 e. The summed E-state index contributed by atoms with van der Waals surface area (Å²) in [5, 5.41) is 8.05. The first-order valence-corrected chi connectivity index (χ1v) is 13.2. The lowest BCUT2D eigenvalue weighted by Crippen LogP contribution is -2.40. The molecule has 34 heavy (non-hydrogen) atoms. The molecule has 0 fully saturated rings. The number of benzene rings is 4. The van der Waals surface area contributed by atoms with Gasteiger partial charge in [0.1, 0.15) is 6.54 Å². The van der Waals surface area contributed by atoms with Gasteiger partial charge in [0.25, 0.3) is 0 Å². The highest BCUT2D eigenvalue weighted by Crippen LogP contribution is 2.36. The van der Waals surface area contributed by atoms with Crippen molar-refractivity contribution in [3.8, 4) is 0 Å². The van der Waals surface area contributed by atoms with Crippen molar-refractivity contribution < 1.29 is 4.48 Å². The molecule has 0 saturated carbocycles. The Kier molecular flexibility index (Phi) is 8.34. The lowest BCUT2D eigenvalue weighted by molar-refractivity contribution is -0.903. The van der Waals surface area contributed by atoms with Crippen LogP contribution in [0.15, 0.2) is 88.7 Å². The van der Waals surface area contributed by atoms with Gasteiger partial charge in [-0.25, -0.2) is 0 Å². The standard InChI is InChI=1S/C28H28Cl3N2S/c1-33(2,19-20-8-12-25(30)26(31)16-20)15-5-14-32-27-18-23(29)10-13-28(27)34-24-11-9-21-6-3-4-7-22(21)17-24/h3-4,6-13,16-18,32H,5,14-15,19H2,1-2H3/q+1. The molecule has 176 valence electrons. The van der Waals surface area contributed by atoms with E-state index in [0.717, 1.165) is 41.2 Å². The zero-order valence-corrected chi connectivity index (χ0v) is 22.4. The third-order valence-corrected chi connectivity index (χ3v) is 7.78. The second kappa shape index (κ2) is 11.2. The van der Waals surface area contributed by atoms with Gasteiger partial charge in [-0.05, 0) is 53.2 Å². The average Bonchev–Trinajstić information content (AvgIpc) is 2.80. The van der Waals surface area contributed by atoms with Crippen LogP contribution in [-0.4, -0.2) is 31.7 Å². The SMILES string of the molecule is C[N+](C)(CCCNc1cc(Cl)ccc1Sc1ccc2ccccc2c1)Cc1ccc(Cl)c(Cl)c1. The summed E-state index contributed by atoms with van der Waals surface area (Å²) < 4.78 is 0.869. The summed E-state index contributed by atoms with van der Waals surface area (Å²) in [5.41, 5.74) is 2.26. The minimum atomic E-state index is 0.596. The number of rotatable bonds is 9. The van der Waals surface area contributed by atoms with Gasteiger partial charge in [0, 0.05) is 39.0 Å². The first-order valence-electron chi connectivity index (χ1n) is 11.3. The van der Waals surface area contributed by atoms with E-state index in [1.165, 1.54) is 26.1 Å². The Bertz CT molecular complexity index is 1290. The summed E-state index contributed by atoms with van der Waals surface area (Å²) in [4.78, 5) is 2.38. The van der Waals surface area contributed by atoms with Gasteiger partial charge in [0.2, 0.25) is 0 Å². The molecule has 0 aliphatic carbocycles. The summed E-state index contributed by atoms with van der Waals surface area (Å²) in [6.45, 7) is 2.80. The Labute approximate surface area is 221 Å². The van der Waals surface area contributed by atoms with Crippen LogP contribution in [0.2, 0.25) is 15.1 Å². The monoisotopic (exact) mass is 529 g/mol. The molecule has 0 aromatic heterocycles. The Morgan fingerprint density at radius 3 is 2.38 bits per heavy atom. The molecule has 0 saturated heterocycles. The molecule has 0 spiro atoms. The normalized spacial score (nSPS) is 11.7. The Morgan fingerprint density at radius 2 is 1.59 bits per heavy atom. The number of anilines is 1. The van der Waals surface area contributed by atoms with E-state index in [0.29, 0.717) is 10.0 Å². The van der Waals surface area contributed by atoms with Gasteiger partial charge in [-0.1, -0.05) is 83.0 Å². The summed E-state index contributed by atoms with van der Waals surface area (Å²) in [5.74, 6) is 0. The molecule has 4 aromatic rings. The van der Waals surface area contributed by atoms with Crippen molar-refractivity contribution in [1.29, 1.82) is 0 Å². The summed E-state index contributed by atoms with van der Waals surface area (Å²) in [7, 11) is 4.48. The Morgan fingerprint density at radius 1 is 0.794 bits per heavy atom. The van der Waals surface area contributed by atoms with Crippen molar-refractivity contribution in [3.63, 3.8) is 0 Å². The maximum absolute atomic E-state index is 6.32. The average molecular weight is 531 g/mol. The summed E-state index contributed by atoms with van der Waals surface area (Å²) >= 11 is 20.3. The van der Waals surface area contributed by atoms with E-state index in [-0.39, 0.29) is 0 Å². The molecule has 2 nitrogen and oxygen atoms in total. The van der Waals surface area contributed by atoms with Crippen LogP contribution in [0.5, 0.6) is 0 Å². The van der Waals surface area contributed by atoms with Crippen LogP contribution >= 0.6 is 46.6 Å².